The van der Waals surface area contributed by atoms with Gasteiger partial charge >= 0.3 is 26.0 Å². The van der Waals surface area contributed by atoms with E-state index >= 15 is 0 Å². The van der Waals surface area contributed by atoms with Gasteiger partial charge in [-0.2, -0.15) is 21.6 Å². The van der Waals surface area contributed by atoms with Crippen LogP contribution < -0.4 is 10.0 Å². The summed E-state index contributed by atoms with van der Waals surface area (Å²) in [5.74, 6) is 0.902. The molecule has 0 radical (unpaired) electrons. The van der Waals surface area contributed by atoms with Crippen LogP contribution in [-0.2, 0) is 24.9 Å². The highest BCUT2D eigenvalue weighted by Gasteiger charge is 2.36. The van der Waals surface area contributed by atoms with E-state index in [0.29, 0.717) is 36.8 Å². The fourth-order valence-electron chi connectivity index (χ4n) is 3.58. The molecule has 0 spiro atoms. The molecule has 3 aromatic rings. The van der Waals surface area contributed by atoms with Gasteiger partial charge in [0.1, 0.15) is 16.9 Å². The number of rotatable bonds is 12. The predicted molar refractivity (Wildman–Crippen MR) is 160 cm³/mol. The quantitative estimate of drug-likeness (QED) is 0.0952. The summed E-state index contributed by atoms with van der Waals surface area (Å²) in [4.78, 5) is 15.0. The first kappa shape index (κ1) is 31.7. The second-order valence-corrected chi connectivity index (χ2v) is 14.2. The average Bonchev–Trinajstić information content (AvgIpc) is 2.90. The third kappa shape index (κ3) is 7.89. The Hall–Kier alpha value is -2.81. The lowest BCUT2D eigenvalue weighted by Crippen LogP contribution is -2.45. The van der Waals surface area contributed by atoms with Crippen molar-refractivity contribution in [1.82, 2.24) is 14.7 Å². The van der Waals surface area contributed by atoms with Gasteiger partial charge in [-0.3, -0.25) is 0 Å². The summed E-state index contributed by atoms with van der Waals surface area (Å²) in [7, 11) is -7.59. The number of aromatic nitrogens is 2. The van der Waals surface area contributed by atoms with E-state index in [2.05, 4.69) is 20.0 Å². The van der Waals surface area contributed by atoms with Crippen molar-refractivity contribution in [1.29, 1.82) is 0 Å². The minimum Gasteiger partial charge on any atom is -0.350 e. The molecule has 0 aliphatic rings. The van der Waals surface area contributed by atoms with Crippen LogP contribution in [0.5, 0.6) is 0 Å². The second kappa shape index (κ2) is 14.2. The van der Waals surface area contributed by atoms with Crippen LogP contribution in [0, 0.1) is 13.8 Å². The first-order valence-corrected chi connectivity index (χ1v) is 17.4. The number of nitrogens with one attached hydrogen (secondary N) is 2. The molecule has 1 aromatic heterocycles. The van der Waals surface area contributed by atoms with Crippen LogP contribution in [0.3, 0.4) is 0 Å². The molecule has 0 fully saturated rings. The topological polar surface area (TPSA) is 130 Å². The van der Waals surface area contributed by atoms with E-state index < -0.39 is 26.0 Å². The van der Waals surface area contributed by atoms with Gasteiger partial charge in [0.05, 0.1) is 0 Å². The summed E-state index contributed by atoms with van der Waals surface area (Å²) >= 11 is 2.78. The molecular formula is C26H34N5O5S4+. The first-order chi connectivity index (χ1) is 19.0. The Kier molecular flexibility index (Phi) is 11.3. The molecule has 2 aromatic carbocycles. The molecule has 10 nitrogen and oxygen atoms in total. The van der Waals surface area contributed by atoms with Gasteiger partial charge in [0.2, 0.25) is 0 Å². The Labute approximate surface area is 245 Å². The highest BCUT2D eigenvalue weighted by atomic mass is 32.2. The standard InChI is InChI=1S/C26H33N5O5S4/c1-6-16-37-21-12-8-10-14-23(21)39(32,33)30-26(29-25-27-19(3)18-20(4)28-25)31(36-5)40(34,35)24-15-11-9-13-22(24)38-17-7-2/h8-15,18H,6-7,16-17H2,1-5H3,(H,27,28,29,30)/p+1. The number of aryl methyl sites for hydroxylation is 2. The SMILES string of the molecule is CCCSc1ccccc1S(=O)(=O)NC(Nc1nc(C)cc(C)n1)=[N+](OC)S(=O)(=O)c1ccccc1SCCC. The second-order valence-electron chi connectivity index (χ2n) is 8.56. The predicted octanol–water partition coefficient (Wildman–Crippen LogP) is 4.81. The van der Waals surface area contributed by atoms with E-state index in [4.69, 9.17) is 4.84 Å². The van der Waals surface area contributed by atoms with Gasteiger partial charge in [-0.15, -0.1) is 23.5 Å². The van der Waals surface area contributed by atoms with E-state index in [1.807, 2.05) is 13.8 Å². The Morgan fingerprint density at radius 2 is 1.35 bits per heavy atom. The van der Waals surface area contributed by atoms with Crippen molar-refractivity contribution < 1.29 is 25.8 Å². The third-order valence-electron chi connectivity index (χ3n) is 5.20. The molecule has 216 valence electrons. The van der Waals surface area contributed by atoms with Crippen LogP contribution in [0.4, 0.5) is 5.95 Å². The summed E-state index contributed by atoms with van der Waals surface area (Å²) in [6.45, 7) is 7.49. The van der Waals surface area contributed by atoms with Gasteiger partial charge in [0.15, 0.2) is 0 Å². The zero-order chi connectivity index (χ0) is 29.3. The lowest BCUT2D eigenvalue weighted by atomic mass is 10.4. The molecule has 3 rings (SSSR count). The van der Waals surface area contributed by atoms with Gasteiger partial charge in [-0.25, -0.2) is 15.3 Å². The van der Waals surface area contributed by atoms with Crippen molar-refractivity contribution in [3.63, 3.8) is 0 Å². The maximum Gasteiger partial charge on any atom is 0.421 e. The minimum atomic E-state index is -4.43. The normalized spacial score (nSPS) is 12.5. The van der Waals surface area contributed by atoms with E-state index in [9.17, 15) is 16.8 Å². The zero-order valence-electron chi connectivity index (χ0n) is 23.0. The molecular weight excluding hydrogens is 591 g/mol. The van der Waals surface area contributed by atoms with E-state index in [-0.39, 0.29) is 15.7 Å². The van der Waals surface area contributed by atoms with E-state index in [1.165, 1.54) is 35.7 Å². The fraction of sp³-hybridized carbons (Fsp3) is 0.346. The van der Waals surface area contributed by atoms with Crippen LogP contribution in [-0.4, -0.2) is 55.5 Å². The van der Waals surface area contributed by atoms with Crippen LogP contribution >= 0.6 is 23.5 Å². The molecule has 0 unspecified atom stereocenters. The van der Waals surface area contributed by atoms with Crippen molar-refractivity contribution >= 4 is 55.5 Å². The Morgan fingerprint density at radius 3 is 1.88 bits per heavy atom. The molecule has 40 heavy (non-hydrogen) atoms. The Morgan fingerprint density at radius 1 is 0.850 bits per heavy atom. The molecule has 0 aliphatic heterocycles. The number of anilines is 1. The maximum absolute atomic E-state index is 14.0. The molecule has 14 heteroatoms. The Bertz CT molecular complexity index is 1560. The highest BCUT2D eigenvalue weighted by Crippen LogP contribution is 2.29. The van der Waals surface area contributed by atoms with Gasteiger partial charge in [-0.1, -0.05) is 38.1 Å². The summed E-state index contributed by atoms with van der Waals surface area (Å²) in [6, 6.07) is 14.8. The molecule has 0 bridgehead atoms. The molecule has 0 atom stereocenters. The van der Waals surface area contributed by atoms with Crippen molar-refractivity contribution in [2.75, 3.05) is 23.9 Å². The molecule has 1 heterocycles. The third-order valence-corrected chi connectivity index (χ3v) is 11.1. The van der Waals surface area contributed by atoms with Gasteiger partial charge in [-0.05, 0) is 68.5 Å². The van der Waals surface area contributed by atoms with Crippen LogP contribution in [0.2, 0.25) is 0 Å². The van der Waals surface area contributed by atoms with Crippen LogP contribution in [0.15, 0.2) is 74.2 Å². The minimum absolute atomic E-state index is 0.00134. The van der Waals surface area contributed by atoms with Gasteiger partial charge in [0.25, 0.3) is 5.95 Å². The van der Waals surface area contributed by atoms with Crippen molar-refractivity contribution in [2.45, 2.75) is 60.1 Å². The number of sulfonamides is 2. The van der Waals surface area contributed by atoms with Gasteiger partial charge < -0.3 is 4.84 Å². The Balaban J connectivity index is 2.22. The number of nitrogens with zero attached hydrogens (tertiary/aromatic N) is 3. The number of hydrogen-bond acceptors (Lipinski definition) is 9. The molecule has 0 amide bonds. The summed E-state index contributed by atoms with van der Waals surface area (Å²) in [5.41, 5.74) is 1.21. The number of benzene rings is 2. The lowest BCUT2D eigenvalue weighted by molar-refractivity contribution is -0.667. The first-order valence-electron chi connectivity index (χ1n) is 12.6. The maximum atomic E-state index is 14.0. The molecule has 0 aliphatic carbocycles. The average molecular weight is 625 g/mol. The molecule has 0 saturated heterocycles. The monoisotopic (exact) mass is 624 g/mol. The number of hydrogen-bond donors (Lipinski definition) is 2. The van der Waals surface area contributed by atoms with E-state index in [1.54, 1.807) is 56.3 Å². The lowest BCUT2D eigenvalue weighted by Gasteiger charge is -2.15. The molecule has 2 N–H and O–H groups in total. The zero-order valence-corrected chi connectivity index (χ0v) is 26.3. The smallest absolute Gasteiger partial charge is 0.350 e. The highest BCUT2D eigenvalue weighted by molar-refractivity contribution is 8.00. The van der Waals surface area contributed by atoms with Crippen molar-refractivity contribution in [3.8, 4) is 0 Å². The van der Waals surface area contributed by atoms with Gasteiger partial charge in [0, 0.05) is 25.3 Å². The largest absolute Gasteiger partial charge is 0.421 e. The summed E-state index contributed by atoms with van der Waals surface area (Å²) < 4.78 is 58.4. The van der Waals surface area contributed by atoms with Crippen molar-refractivity contribution in [3.05, 3.63) is 66.0 Å². The summed E-state index contributed by atoms with van der Waals surface area (Å²) in [5, 5.41) is 2.75. The van der Waals surface area contributed by atoms with Crippen molar-refractivity contribution in [2.24, 2.45) is 0 Å². The fourth-order valence-corrected chi connectivity index (χ4v) is 8.62. The number of thioether (sulfide) groups is 2. The van der Waals surface area contributed by atoms with Crippen LogP contribution in [0.1, 0.15) is 38.1 Å². The summed E-state index contributed by atoms with van der Waals surface area (Å²) in [6.07, 6.45) is 1.69. The van der Waals surface area contributed by atoms with E-state index in [0.717, 1.165) is 20.0 Å². The number of guanidine groups is 1. The van der Waals surface area contributed by atoms with Crippen LogP contribution in [0.25, 0.3) is 0 Å². The molecule has 0 saturated carbocycles.